The summed E-state index contributed by atoms with van der Waals surface area (Å²) in [4.78, 5) is 13.5. The fraction of sp³-hybridized carbons (Fsp3) is 0.562. The average Bonchev–Trinajstić information content (AvgIpc) is 2.47. The van der Waals surface area contributed by atoms with Gasteiger partial charge in [-0.15, -0.1) is 0 Å². The summed E-state index contributed by atoms with van der Waals surface area (Å²) in [5.74, 6) is 0.848. The number of ether oxygens (including phenoxy) is 1. The molecule has 1 fully saturated rings. The highest BCUT2D eigenvalue weighted by Gasteiger charge is 2.20. The van der Waals surface area contributed by atoms with Crippen LogP contribution in [0.3, 0.4) is 0 Å². The van der Waals surface area contributed by atoms with Crippen molar-refractivity contribution in [1.29, 1.82) is 0 Å². The van der Waals surface area contributed by atoms with Gasteiger partial charge in [0.15, 0.2) is 0 Å². The molecule has 0 saturated heterocycles. The van der Waals surface area contributed by atoms with Gasteiger partial charge in [-0.1, -0.05) is 18.2 Å². The summed E-state index contributed by atoms with van der Waals surface area (Å²) < 4.78 is 5.94. The van der Waals surface area contributed by atoms with E-state index < -0.39 is 0 Å². The highest BCUT2D eigenvalue weighted by molar-refractivity contribution is 5.74. The van der Waals surface area contributed by atoms with Gasteiger partial charge in [0.1, 0.15) is 5.75 Å². The van der Waals surface area contributed by atoms with Crippen molar-refractivity contribution in [2.75, 3.05) is 13.7 Å². The van der Waals surface area contributed by atoms with Gasteiger partial charge in [-0.3, -0.25) is 0 Å². The molecule has 2 amide bonds. The number of carbonyl (C=O) groups excluding carboxylic acids is 1. The van der Waals surface area contributed by atoms with Crippen molar-refractivity contribution in [3.63, 3.8) is 0 Å². The second-order valence-electron chi connectivity index (χ2n) is 5.58. The highest BCUT2D eigenvalue weighted by Crippen LogP contribution is 2.27. The Labute approximate surface area is 125 Å². The van der Waals surface area contributed by atoms with Crippen LogP contribution in [-0.4, -0.2) is 41.8 Å². The van der Waals surface area contributed by atoms with Crippen LogP contribution in [0.1, 0.15) is 31.7 Å². The first-order valence-electron chi connectivity index (χ1n) is 7.48. The number of hydrogen-bond donors (Lipinski definition) is 2. The SMILES string of the molecule is CC(CO)N(C)C(=O)NCc1ccccc1OC1CCC1. The molecule has 116 valence electrons. The lowest BCUT2D eigenvalue weighted by atomic mass is 9.96. The molecule has 0 aromatic heterocycles. The van der Waals surface area contributed by atoms with Gasteiger partial charge in [-0.05, 0) is 32.3 Å². The zero-order valence-electron chi connectivity index (χ0n) is 12.7. The quantitative estimate of drug-likeness (QED) is 0.844. The molecule has 1 atom stereocenters. The second-order valence-corrected chi connectivity index (χ2v) is 5.58. The van der Waals surface area contributed by atoms with Crippen LogP contribution < -0.4 is 10.1 Å². The molecule has 21 heavy (non-hydrogen) atoms. The molecule has 1 aliphatic carbocycles. The normalized spacial score (nSPS) is 16.0. The number of para-hydroxylation sites is 1. The molecule has 2 rings (SSSR count). The van der Waals surface area contributed by atoms with Gasteiger partial charge in [0.25, 0.3) is 0 Å². The Kier molecular flexibility index (Phi) is 5.44. The number of amides is 2. The number of aliphatic hydroxyl groups is 1. The van der Waals surface area contributed by atoms with Gasteiger partial charge in [0.2, 0.25) is 0 Å². The van der Waals surface area contributed by atoms with E-state index in [1.807, 2.05) is 24.3 Å². The first kappa shape index (κ1) is 15.6. The van der Waals surface area contributed by atoms with Gasteiger partial charge in [0.05, 0.1) is 18.8 Å². The van der Waals surface area contributed by atoms with Crippen molar-refractivity contribution in [3.05, 3.63) is 29.8 Å². The second kappa shape index (κ2) is 7.31. The minimum absolute atomic E-state index is 0.0503. The Morgan fingerprint density at radius 1 is 1.48 bits per heavy atom. The van der Waals surface area contributed by atoms with Gasteiger partial charge >= 0.3 is 6.03 Å². The van der Waals surface area contributed by atoms with Crippen LogP contribution in [0.15, 0.2) is 24.3 Å². The number of urea groups is 1. The summed E-state index contributed by atoms with van der Waals surface area (Å²) in [7, 11) is 1.67. The van der Waals surface area contributed by atoms with E-state index >= 15 is 0 Å². The fourth-order valence-corrected chi connectivity index (χ4v) is 2.05. The zero-order chi connectivity index (χ0) is 15.2. The van der Waals surface area contributed by atoms with Crippen molar-refractivity contribution < 1.29 is 14.6 Å². The molecule has 0 bridgehead atoms. The third-order valence-corrected chi connectivity index (χ3v) is 3.99. The maximum Gasteiger partial charge on any atom is 0.317 e. The lowest BCUT2D eigenvalue weighted by Crippen LogP contribution is -2.43. The molecule has 5 heteroatoms. The predicted molar refractivity (Wildman–Crippen MR) is 81.3 cm³/mol. The summed E-state index contributed by atoms with van der Waals surface area (Å²) in [5, 5.41) is 11.9. The lowest BCUT2D eigenvalue weighted by Gasteiger charge is -2.28. The third-order valence-electron chi connectivity index (χ3n) is 3.99. The van der Waals surface area contributed by atoms with Gasteiger partial charge in [-0.25, -0.2) is 4.79 Å². The summed E-state index contributed by atoms with van der Waals surface area (Å²) in [6.45, 7) is 2.17. The van der Waals surface area contributed by atoms with E-state index in [0.29, 0.717) is 12.6 Å². The van der Waals surface area contributed by atoms with Crippen molar-refractivity contribution in [3.8, 4) is 5.75 Å². The van der Waals surface area contributed by atoms with Crippen LogP contribution in [0.5, 0.6) is 5.75 Å². The number of nitrogens with one attached hydrogen (secondary N) is 1. The number of hydrogen-bond acceptors (Lipinski definition) is 3. The molecule has 0 radical (unpaired) electrons. The predicted octanol–water partition coefficient (Wildman–Crippen LogP) is 2.14. The highest BCUT2D eigenvalue weighted by atomic mass is 16.5. The molecule has 0 heterocycles. The summed E-state index contributed by atoms with van der Waals surface area (Å²) in [6.07, 6.45) is 3.77. The van der Waals surface area contributed by atoms with E-state index in [-0.39, 0.29) is 18.7 Å². The molecule has 0 spiro atoms. The van der Waals surface area contributed by atoms with Gasteiger partial charge < -0.3 is 20.1 Å². The minimum atomic E-state index is -0.202. The maximum absolute atomic E-state index is 12.0. The molecule has 5 nitrogen and oxygen atoms in total. The number of rotatable bonds is 6. The first-order chi connectivity index (χ1) is 10.1. The van der Waals surface area contributed by atoms with E-state index in [9.17, 15) is 4.79 Å². The Hall–Kier alpha value is -1.75. The molecular formula is C16H24N2O3. The standard InChI is InChI=1S/C16H24N2O3/c1-12(11-19)18(2)16(20)17-10-13-6-3-4-9-15(13)21-14-7-5-8-14/h3-4,6,9,12,14,19H,5,7-8,10-11H2,1-2H3,(H,17,20). The minimum Gasteiger partial charge on any atom is -0.490 e. The Morgan fingerprint density at radius 3 is 2.81 bits per heavy atom. The van der Waals surface area contributed by atoms with Gasteiger partial charge in [0, 0.05) is 19.2 Å². The Morgan fingerprint density at radius 2 is 2.19 bits per heavy atom. The van der Waals surface area contributed by atoms with E-state index in [2.05, 4.69) is 5.32 Å². The molecule has 0 aliphatic heterocycles. The molecule has 2 N–H and O–H groups in total. The zero-order valence-corrected chi connectivity index (χ0v) is 12.7. The smallest absolute Gasteiger partial charge is 0.317 e. The topological polar surface area (TPSA) is 61.8 Å². The largest absolute Gasteiger partial charge is 0.490 e. The van der Waals surface area contributed by atoms with Crippen LogP contribution in [0, 0.1) is 0 Å². The van der Waals surface area contributed by atoms with Crippen LogP contribution in [0.25, 0.3) is 0 Å². The van der Waals surface area contributed by atoms with Crippen molar-refractivity contribution in [2.45, 2.75) is 44.9 Å². The van der Waals surface area contributed by atoms with E-state index in [1.54, 1.807) is 14.0 Å². The summed E-state index contributed by atoms with van der Waals surface area (Å²) in [5.41, 5.74) is 0.975. The van der Waals surface area contributed by atoms with Crippen LogP contribution in [-0.2, 0) is 6.54 Å². The lowest BCUT2D eigenvalue weighted by molar-refractivity contribution is 0.119. The number of likely N-dealkylation sites (N-methyl/N-ethyl adjacent to an activating group) is 1. The maximum atomic E-state index is 12.0. The van der Waals surface area contributed by atoms with Crippen LogP contribution >= 0.6 is 0 Å². The van der Waals surface area contributed by atoms with Crippen molar-refractivity contribution in [2.24, 2.45) is 0 Å². The van der Waals surface area contributed by atoms with Crippen LogP contribution in [0.4, 0.5) is 4.79 Å². The molecule has 1 unspecified atom stereocenters. The first-order valence-corrected chi connectivity index (χ1v) is 7.48. The average molecular weight is 292 g/mol. The summed E-state index contributed by atoms with van der Waals surface area (Å²) in [6, 6.07) is 7.39. The van der Waals surface area contributed by atoms with E-state index in [1.165, 1.54) is 11.3 Å². The number of carbonyl (C=O) groups is 1. The van der Waals surface area contributed by atoms with Crippen LogP contribution in [0.2, 0.25) is 0 Å². The molecule has 1 aliphatic rings. The van der Waals surface area contributed by atoms with E-state index in [4.69, 9.17) is 9.84 Å². The number of nitrogens with zero attached hydrogens (tertiary/aromatic N) is 1. The van der Waals surface area contributed by atoms with E-state index in [0.717, 1.165) is 24.2 Å². The van der Waals surface area contributed by atoms with Crippen molar-refractivity contribution in [1.82, 2.24) is 10.2 Å². The van der Waals surface area contributed by atoms with Gasteiger partial charge in [-0.2, -0.15) is 0 Å². The molecular weight excluding hydrogens is 268 g/mol. The third kappa shape index (κ3) is 4.11. The number of aliphatic hydroxyl groups excluding tert-OH is 1. The van der Waals surface area contributed by atoms with Crippen molar-refractivity contribution >= 4 is 6.03 Å². The fourth-order valence-electron chi connectivity index (χ4n) is 2.05. The number of benzene rings is 1. The Balaban J connectivity index is 1.91. The molecule has 1 saturated carbocycles. The monoisotopic (exact) mass is 292 g/mol. The summed E-state index contributed by atoms with van der Waals surface area (Å²) >= 11 is 0. The Bertz CT molecular complexity index is 474. The molecule has 1 aromatic carbocycles. The molecule has 1 aromatic rings.